The standard InChI is InChI=1S/C17H14F3N3O/c1-10-6-12(7-13(9-21)16(22)24)11(2)23(10)15-5-3-4-14(8-15)17(18,19)20/h3-8H,1-2H3,(H2,22,24)/b13-7+. The SMILES string of the molecule is Cc1cc(/C=C(\C#N)C(N)=O)c(C)n1-c1cccc(C(F)(F)F)c1. The smallest absolute Gasteiger partial charge is 0.365 e. The molecule has 0 bridgehead atoms. The maximum absolute atomic E-state index is 12.9. The Morgan fingerprint density at radius 2 is 1.96 bits per heavy atom. The summed E-state index contributed by atoms with van der Waals surface area (Å²) in [4.78, 5) is 11.2. The van der Waals surface area contributed by atoms with E-state index in [4.69, 9.17) is 11.0 Å². The Morgan fingerprint density at radius 1 is 1.29 bits per heavy atom. The quantitative estimate of drug-likeness (QED) is 0.690. The van der Waals surface area contributed by atoms with Crippen LogP contribution >= 0.6 is 0 Å². The number of nitrogens with two attached hydrogens (primary N) is 1. The lowest BCUT2D eigenvalue weighted by molar-refractivity contribution is -0.137. The highest BCUT2D eigenvalue weighted by Gasteiger charge is 2.30. The summed E-state index contributed by atoms with van der Waals surface area (Å²) in [6, 6.07) is 8.32. The van der Waals surface area contributed by atoms with Crippen LogP contribution in [0.25, 0.3) is 11.8 Å². The Kier molecular flexibility index (Phi) is 4.51. The minimum absolute atomic E-state index is 0.223. The molecule has 4 nitrogen and oxygen atoms in total. The maximum Gasteiger partial charge on any atom is 0.416 e. The van der Waals surface area contributed by atoms with Crippen LogP contribution in [0.5, 0.6) is 0 Å². The number of aromatic nitrogens is 1. The first kappa shape index (κ1) is 17.3. The van der Waals surface area contributed by atoms with Crippen LogP contribution in [0, 0.1) is 25.2 Å². The van der Waals surface area contributed by atoms with Gasteiger partial charge in [0.1, 0.15) is 11.6 Å². The summed E-state index contributed by atoms with van der Waals surface area (Å²) in [6.07, 6.45) is -3.11. The van der Waals surface area contributed by atoms with Crippen molar-refractivity contribution in [2.45, 2.75) is 20.0 Å². The van der Waals surface area contributed by atoms with Gasteiger partial charge in [-0.15, -0.1) is 0 Å². The molecule has 0 aliphatic rings. The number of primary amides is 1. The van der Waals surface area contributed by atoms with Crippen molar-refractivity contribution in [3.05, 3.63) is 58.4 Å². The molecule has 0 spiro atoms. The molecule has 1 heterocycles. The maximum atomic E-state index is 12.9. The topological polar surface area (TPSA) is 71.8 Å². The van der Waals surface area contributed by atoms with Gasteiger partial charge in [-0.1, -0.05) is 6.07 Å². The first-order valence-corrected chi connectivity index (χ1v) is 6.93. The molecule has 0 unspecified atom stereocenters. The molecular formula is C17H14F3N3O. The number of hydrogen-bond donors (Lipinski definition) is 1. The summed E-state index contributed by atoms with van der Waals surface area (Å²) in [7, 11) is 0. The van der Waals surface area contributed by atoms with Gasteiger partial charge in [-0.3, -0.25) is 4.79 Å². The molecule has 0 fully saturated rings. The lowest BCUT2D eigenvalue weighted by atomic mass is 10.1. The number of halogens is 3. The number of hydrogen-bond acceptors (Lipinski definition) is 2. The van der Waals surface area contributed by atoms with Gasteiger partial charge in [-0.05, 0) is 49.8 Å². The van der Waals surface area contributed by atoms with Crippen LogP contribution in [0.3, 0.4) is 0 Å². The van der Waals surface area contributed by atoms with Crippen LogP contribution in [0.4, 0.5) is 13.2 Å². The summed E-state index contributed by atoms with van der Waals surface area (Å²) in [5, 5.41) is 8.92. The van der Waals surface area contributed by atoms with Crippen molar-refractivity contribution in [1.82, 2.24) is 4.57 Å². The minimum atomic E-state index is -4.44. The van der Waals surface area contributed by atoms with Crippen molar-refractivity contribution in [1.29, 1.82) is 5.26 Å². The van der Waals surface area contributed by atoms with Crippen LogP contribution < -0.4 is 5.73 Å². The predicted octanol–water partition coefficient (Wildman–Crippen LogP) is 3.51. The van der Waals surface area contributed by atoms with Gasteiger partial charge in [0, 0.05) is 17.1 Å². The Labute approximate surface area is 136 Å². The Bertz CT molecular complexity index is 870. The van der Waals surface area contributed by atoms with E-state index in [2.05, 4.69) is 0 Å². The summed E-state index contributed by atoms with van der Waals surface area (Å²) in [6.45, 7) is 3.41. The summed E-state index contributed by atoms with van der Waals surface area (Å²) >= 11 is 0. The molecule has 2 aromatic rings. The molecule has 0 saturated carbocycles. The van der Waals surface area contributed by atoms with Crippen LogP contribution in [-0.2, 0) is 11.0 Å². The number of aryl methyl sites for hydroxylation is 1. The zero-order valence-corrected chi connectivity index (χ0v) is 13.0. The molecule has 1 aromatic heterocycles. The molecule has 24 heavy (non-hydrogen) atoms. The van der Waals surface area contributed by atoms with Gasteiger partial charge >= 0.3 is 6.18 Å². The van der Waals surface area contributed by atoms with E-state index in [1.54, 1.807) is 36.6 Å². The lowest BCUT2D eigenvalue weighted by Crippen LogP contribution is -2.12. The van der Waals surface area contributed by atoms with Crippen LogP contribution in [0.1, 0.15) is 22.5 Å². The first-order chi connectivity index (χ1) is 11.1. The zero-order chi connectivity index (χ0) is 18.1. The van der Waals surface area contributed by atoms with Crippen LogP contribution in [0.15, 0.2) is 35.9 Å². The molecule has 7 heteroatoms. The van der Waals surface area contributed by atoms with Crippen molar-refractivity contribution in [2.24, 2.45) is 5.73 Å². The lowest BCUT2D eigenvalue weighted by Gasteiger charge is -2.13. The van der Waals surface area contributed by atoms with Crippen molar-refractivity contribution < 1.29 is 18.0 Å². The third-order valence-corrected chi connectivity index (χ3v) is 3.59. The monoisotopic (exact) mass is 333 g/mol. The number of nitriles is 1. The van der Waals surface area contributed by atoms with E-state index in [1.807, 2.05) is 0 Å². The number of carbonyl (C=O) groups excluding carboxylic acids is 1. The largest absolute Gasteiger partial charge is 0.416 e. The molecule has 0 aliphatic heterocycles. The first-order valence-electron chi connectivity index (χ1n) is 6.93. The third-order valence-electron chi connectivity index (χ3n) is 3.59. The van der Waals surface area contributed by atoms with E-state index in [0.29, 0.717) is 22.6 Å². The molecule has 2 rings (SSSR count). The predicted molar refractivity (Wildman–Crippen MR) is 83.0 cm³/mol. The number of alkyl halides is 3. The van der Waals surface area contributed by atoms with E-state index < -0.39 is 17.6 Å². The van der Waals surface area contributed by atoms with E-state index in [1.165, 1.54) is 12.1 Å². The fourth-order valence-corrected chi connectivity index (χ4v) is 2.47. The second kappa shape index (κ2) is 6.24. The fourth-order valence-electron chi connectivity index (χ4n) is 2.47. The van der Waals surface area contributed by atoms with E-state index in [-0.39, 0.29) is 5.57 Å². The average Bonchev–Trinajstić information content (AvgIpc) is 2.77. The van der Waals surface area contributed by atoms with Gasteiger partial charge in [0.15, 0.2) is 0 Å². The molecule has 0 atom stereocenters. The number of benzene rings is 1. The highest BCUT2D eigenvalue weighted by molar-refractivity contribution is 6.00. The Balaban J connectivity index is 2.59. The van der Waals surface area contributed by atoms with E-state index >= 15 is 0 Å². The molecule has 1 aromatic carbocycles. The molecule has 0 saturated heterocycles. The second-order valence-electron chi connectivity index (χ2n) is 5.24. The van der Waals surface area contributed by atoms with Gasteiger partial charge in [0.2, 0.25) is 0 Å². The molecule has 124 valence electrons. The van der Waals surface area contributed by atoms with Crippen LogP contribution in [-0.4, -0.2) is 10.5 Å². The van der Waals surface area contributed by atoms with E-state index in [9.17, 15) is 18.0 Å². The van der Waals surface area contributed by atoms with Crippen molar-refractivity contribution >= 4 is 12.0 Å². The summed E-state index contributed by atoms with van der Waals surface area (Å²) in [5.74, 6) is -0.860. The van der Waals surface area contributed by atoms with Crippen molar-refractivity contribution in [3.63, 3.8) is 0 Å². The van der Waals surface area contributed by atoms with Crippen LogP contribution in [0.2, 0.25) is 0 Å². The summed E-state index contributed by atoms with van der Waals surface area (Å²) < 4.78 is 40.3. The van der Waals surface area contributed by atoms with Gasteiger partial charge in [0.05, 0.1) is 5.56 Å². The van der Waals surface area contributed by atoms with Crippen molar-refractivity contribution in [3.8, 4) is 11.8 Å². The number of rotatable bonds is 3. The fraction of sp³-hybridized carbons (Fsp3) is 0.176. The highest BCUT2D eigenvalue weighted by atomic mass is 19.4. The zero-order valence-electron chi connectivity index (χ0n) is 13.0. The highest BCUT2D eigenvalue weighted by Crippen LogP contribution is 2.31. The van der Waals surface area contributed by atoms with Gasteiger partial charge in [-0.2, -0.15) is 18.4 Å². The average molecular weight is 333 g/mol. The normalized spacial score (nSPS) is 12.1. The minimum Gasteiger partial charge on any atom is -0.365 e. The van der Waals surface area contributed by atoms with Gasteiger partial charge in [-0.25, -0.2) is 0 Å². The second-order valence-corrected chi connectivity index (χ2v) is 5.24. The number of amides is 1. The van der Waals surface area contributed by atoms with Crippen molar-refractivity contribution in [2.75, 3.05) is 0 Å². The molecular weight excluding hydrogens is 319 g/mol. The molecule has 0 radical (unpaired) electrons. The molecule has 1 amide bonds. The third kappa shape index (κ3) is 3.33. The molecule has 0 aliphatic carbocycles. The Hall–Kier alpha value is -3.01. The number of carbonyl (C=O) groups is 1. The van der Waals surface area contributed by atoms with Gasteiger partial charge < -0.3 is 10.3 Å². The number of nitrogens with zero attached hydrogens (tertiary/aromatic N) is 2. The molecule has 2 N–H and O–H groups in total. The summed E-state index contributed by atoms with van der Waals surface area (Å²) in [5.41, 5.74) is 6.28. The van der Waals surface area contributed by atoms with Gasteiger partial charge in [0.25, 0.3) is 5.91 Å². The van der Waals surface area contributed by atoms with E-state index in [0.717, 1.165) is 12.1 Å². The Morgan fingerprint density at radius 3 is 2.50 bits per heavy atom.